The van der Waals surface area contributed by atoms with Crippen LogP contribution in [0.25, 0.3) is 11.4 Å². The van der Waals surface area contributed by atoms with Crippen LogP contribution in [0.4, 0.5) is 0 Å². The van der Waals surface area contributed by atoms with E-state index in [4.69, 9.17) is 4.52 Å². The third-order valence-corrected chi connectivity index (χ3v) is 4.89. The first kappa shape index (κ1) is 15.4. The second-order valence-electron chi connectivity index (χ2n) is 5.34. The van der Waals surface area contributed by atoms with Gasteiger partial charge in [0.15, 0.2) is 9.84 Å². The van der Waals surface area contributed by atoms with E-state index in [1.807, 2.05) is 49.4 Å². The van der Waals surface area contributed by atoms with Crippen LogP contribution in [0.5, 0.6) is 0 Å². The summed E-state index contributed by atoms with van der Waals surface area (Å²) in [6, 6.07) is 16.7. The molecule has 0 spiro atoms. The average molecular weight is 328 g/mol. The van der Waals surface area contributed by atoms with Crippen LogP contribution in [0.1, 0.15) is 17.0 Å². The van der Waals surface area contributed by atoms with Crippen molar-refractivity contribution in [3.8, 4) is 11.4 Å². The van der Waals surface area contributed by atoms with Crippen molar-refractivity contribution < 1.29 is 12.9 Å². The van der Waals surface area contributed by atoms with Crippen molar-refractivity contribution in [2.75, 3.05) is 0 Å². The number of aromatic nitrogens is 2. The van der Waals surface area contributed by atoms with Gasteiger partial charge in [-0.15, -0.1) is 0 Å². The molecule has 0 aliphatic heterocycles. The van der Waals surface area contributed by atoms with Crippen LogP contribution in [-0.2, 0) is 21.3 Å². The fraction of sp³-hybridized carbons (Fsp3) is 0.176. The number of hydrogen-bond acceptors (Lipinski definition) is 5. The van der Waals surface area contributed by atoms with Gasteiger partial charge in [-0.1, -0.05) is 59.8 Å². The lowest BCUT2D eigenvalue weighted by Gasteiger charge is -2.01. The van der Waals surface area contributed by atoms with Crippen molar-refractivity contribution in [3.63, 3.8) is 0 Å². The molecule has 0 saturated carbocycles. The summed E-state index contributed by atoms with van der Waals surface area (Å²) in [5.41, 5.74) is 2.58. The van der Waals surface area contributed by atoms with Gasteiger partial charge in [-0.25, -0.2) is 8.42 Å². The minimum absolute atomic E-state index is 0.0457. The van der Waals surface area contributed by atoms with E-state index in [9.17, 15) is 8.42 Å². The molecule has 23 heavy (non-hydrogen) atoms. The van der Waals surface area contributed by atoms with Crippen molar-refractivity contribution in [1.29, 1.82) is 0 Å². The van der Waals surface area contributed by atoms with Gasteiger partial charge in [0.05, 0.1) is 5.75 Å². The van der Waals surface area contributed by atoms with Crippen LogP contribution in [0.2, 0.25) is 0 Å². The van der Waals surface area contributed by atoms with E-state index in [1.165, 1.54) is 0 Å². The van der Waals surface area contributed by atoms with Gasteiger partial charge in [0.2, 0.25) is 11.7 Å². The Hall–Kier alpha value is -2.47. The summed E-state index contributed by atoms with van der Waals surface area (Å²) in [6.45, 7) is 1.94. The smallest absolute Gasteiger partial charge is 0.242 e. The van der Waals surface area contributed by atoms with Crippen molar-refractivity contribution in [3.05, 3.63) is 71.6 Å². The fourth-order valence-corrected chi connectivity index (χ4v) is 3.61. The van der Waals surface area contributed by atoms with E-state index in [-0.39, 0.29) is 17.4 Å². The van der Waals surface area contributed by atoms with E-state index in [0.717, 1.165) is 16.7 Å². The van der Waals surface area contributed by atoms with Gasteiger partial charge in [-0.2, -0.15) is 4.98 Å². The first-order chi connectivity index (χ1) is 11.0. The highest BCUT2D eigenvalue weighted by Crippen LogP contribution is 2.21. The lowest BCUT2D eigenvalue weighted by atomic mass is 10.1. The minimum Gasteiger partial charge on any atom is -0.338 e. The van der Waals surface area contributed by atoms with Crippen LogP contribution in [-0.4, -0.2) is 18.6 Å². The van der Waals surface area contributed by atoms with Gasteiger partial charge < -0.3 is 4.52 Å². The first-order valence-electron chi connectivity index (χ1n) is 7.16. The van der Waals surface area contributed by atoms with Gasteiger partial charge in [0, 0.05) is 5.56 Å². The second-order valence-corrected chi connectivity index (χ2v) is 7.41. The Morgan fingerprint density at radius 1 is 0.957 bits per heavy atom. The Balaban J connectivity index is 1.78. The Bertz CT molecular complexity index is 902. The molecule has 0 N–H and O–H groups in total. The molecule has 0 unspecified atom stereocenters. The Morgan fingerprint density at radius 3 is 2.39 bits per heavy atom. The topological polar surface area (TPSA) is 73.1 Å². The highest BCUT2D eigenvalue weighted by Gasteiger charge is 2.19. The molecule has 3 aromatic rings. The first-order valence-corrected chi connectivity index (χ1v) is 8.98. The van der Waals surface area contributed by atoms with Gasteiger partial charge >= 0.3 is 0 Å². The number of benzene rings is 2. The normalized spacial score (nSPS) is 11.5. The second kappa shape index (κ2) is 6.34. The SMILES string of the molecule is Cc1ccccc1-c1noc(CS(=O)(=O)Cc2ccccc2)n1. The average Bonchev–Trinajstić information content (AvgIpc) is 2.95. The molecule has 0 fully saturated rings. The lowest BCUT2D eigenvalue weighted by Crippen LogP contribution is -2.07. The highest BCUT2D eigenvalue weighted by atomic mass is 32.2. The molecule has 2 aromatic carbocycles. The molecular weight excluding hydrogens is 312 g/mol. The van der Waals surface area contributed by atoms with Crippen molar-refractivity contribution >= 4 is 9.84 Å². The molecule has 5 nitrogen and oxygen atoms in total. The molecule has 0 aliphatic carbocycles. The molecule has 1 aromatic heterocycles. The summed E-state index contributed by atoms with van der Waals surface area (Å²) >= 11 is 0. The number of rotatable bonds is 5. The molecule has 3 rings (SSSR count). The molecular formula is C17H16N2O3S. The molecule has 118 valence electrons. The van der Waals surface area contributed by atoms with Gasteiger partial charge in [0.25, 0.3) is 0 Å². The fourth-order valence-electron chi connectivity index (χ4n) is 2.31. The van der Waals surface area contributed by atoms with E-state index in [1.54, 1.807) is 12.1 Å². The Kier molecular flexibility index (Phi) is 4.25. The summed E-state index contributed by atoms with van der Waals surface area (Å²) in [6.07, 6.45) is 0. The quantitative estimate of drug-likeness (QED) is 0.719. The third kappa shape index (κ3) is 3.84. The van der Waals surface area contributed by atoms with Gasteiger partial charge in [0.1, 0.15) is 5.75 Å². The van der Waals surface area contributed by atoms with Crippen molar-refractivity contribution in [2.24, 2.45) is 0 Å². The molecule has 0 bridgehead atoms. The Morgan fingerprint density at radius 2 is 1.65 bits per heavy atom. The molecule has 1 heterocycles. The number of hydrogen-bond donors (Lipinski definition) is 0. The summed E-state index contributed by atoms with van der Waals surface area (Å²) < 4.78 is 29.6. The molecule has 0 aliphatic rings. The maximum atomic E-state index is 12.3. The number of aryl methyl sites for hydroxylation is 1. The number of nitrogens with zero attached hydrogens (tertiary/aromatic N) is 2. The number of sulfone groups is 1. The van der Waals surface area contributed by atoms with E-state index in [2.05, 4.69) is 10.1 Å². The van der Waals surface area contributed by atoms with Crippen LogP contribution in [0, 0.1) is 6.92 Å². The molecule has 0 atom stereocenters. The third-order valence-electron chi connectivity index (χ3n) is 3.43. The van der Waals surface area contributed by atoms with Gasteiger partial charge in [-0.3, -0.25) is 0 Å². The maximum absolute atomic E-state index is 12.3. The van der Waals surface area contributed by atoms with Crippen LogP contribution in [0.15, 0.2) is 59.1 Å². The highest BCUT2D eigenvalue weighted by molar-refractivity contribution is 7.89. The summed E-state index contributed by atoms with van der Waals surface area (Å²) in [7, 11) is -3.36. The summed E-state index contributed by atoms with van der Waals surface area (Å²) in [5.74, 6) is 0.212. The van der Waals surface area contributed by atoms with E-state index < -0.39 is 9.84 Å². The summed E-state index contributed by atoms with van der Waals surface area (Å²) in [4.78, 5) is 4.21. The zero-order valence-corrected chi connectivity index (χ0v) is 13.5. The predicted molar refractivity (Wildman–Crippen MR) is 87.2 cm³/mol. The maximum Gasteiger partial charge on any atom is 0.242 e. The van der Waals surface area contributed by atoms with E-state index in [0.29, 0.717) is 5.82 Å². The zero-order valence-electron chi connectivity index (χ0n) is 12.6. The van der Waals surface area contributed by atoms with Crippen molar-refractivity contribution in [2.45, 2.75) is 18.4 Å². The molecule has 0 radical (unpaired) electrons. The zero-order chi connectivity index (χ0) is 16.3. The monoisotopic (exact) mass is 328 g/mol. The van der Waals surface area contributed by atoms with Crippen LogP contribution < -0.4 is 0 Å². The largest absolute Gasteiger partial charge is 0.338 e. The standard InChI is InChI=1S/C17H16N2O3S/c1-13-7-5-6-10-15(13)17-18-16(22-19-17)12-23(20,21)11-14-8-3-2-4-9-14/h2-10H,11-12H2,1H3. The molecule has 0 amide bonds. The molecule has 0 saturated heterocycles. The predicted octanol–water partition coefficient (Wildman–Crippen LogP) is 3.16. The van der Waals surface area contributed by atoms with Crippen LogP contribution in [0.3, 0.4) is 0 Å². The lowest BCUT2D eigenvalue weighted by molar-refractivity contribution is 0.389. The summed E-state index contributed by atoms with van der Waals surface area (Å²) in [5, 5.41) is 3.89. The Labute approximate surface area is 134 Å². The molecule has 6 heteroatoms. The van der Waals surface area contributed by atoms with E-state index >= 15 is 0 Å². The van der Waals surface area contributed by atoms with Crippen molar-refractivity contribution in [1.82, 2.24) is 10.1 Å². The van der Waals surface area contributed by atoms with Gasteiger partial charge in [-0.05, 0) is 18.1 Å². The minimum atomic E-state index is -3.36. The van der Waals surface area contributed by atoms with Crippen LogP contribution >= 0.6 is 0 Å².